The third-order valence-electron chi connectivity index (χ3n) is 3.53. The van der Waals surface area contributed by atoms with E-state index in [0.717, 1.165) is 24.0 Å². The lowest BCUT2D eigenvalue weighted by atomic mass is 10.0. The van der Waals surface area contributed by atoms with Crippen LogP contribution in [0.4, 0.5) is 0 Å². The van der Waals surface area contributed by atoms with E-state index >= 15 is 0 Å². The van der Waals surface area contributed by atoms with Gasteiger partial charge < -0.3 is 14.9 Å². The number of benzene rings is 2. The molecule has 1 aliphatic rings. The van der Waals surface area contributed by atoms with Crippen LogP contribution >= 0.6 is 0 Å². The van der Waals surface area contributed by atoms with Gasteiger partial charge in [-0.25, -0.2) is 4.79 Å². The molecule has 1 heterocycles. The maximum absolute atomic E-state index is 10.6. The summed E-state index contributed by atoms with van der Waals surface area (Å²) in [4.78, 5) is 10.6. The largest absolute Gasteiger partial charge is 0.478 e. The summed E-state index contributed by atoms with van der Waals surface area (Å²) in [7, 11) is 0. The zero-order chi connectivity index (χ0) is 16.7. The molecule has 0 aromatic heterocycles. The fourth-order valence-corrected chi connectivity index (χ4v) is 2.25. The highest BCUT2D eigenvalue weighted by atomic mass is 16.6. The van der Waals surface area contributed by atoms with Crippen molar-refractivity contribution in [3.63, 3.8) is 0 Å². The molecule has 2 N–H and O–H groups in total. The fourth-order valence-electron chi connectivity index (χ4n) is 2.25. The van der Waals surface area contributed by atoms with Gasteiger partial charge in [-0.05, 0) is 29.7 Å². The number of aliphatic hydroxyl groups is 1. The van der Waals surface area contributed by atoms with E-state index in [9.17, 15) is 4.79 Å². The van der Waals surface area contributed by atoms with Crippen LogP contribution in [0.5, 0.6) is 0 Å². The third-order valence-corrected chi connectivity index (χ3v) is 3.53. The monoisotopic (exact) mass is 312 g/mol. The molecule has 23 heavy (non-hydrogen) atoms. The molecule has 2 aromatic rings. The molecule has 4 heteroatoms. The smallest absolute Gasteiger partial charge is 0.335 e. The number of hydrogen-bond donors (Lipinski definition) is 2. The Bertz CT molecular complexity index is 634. The first-order valence-corrected chi connectivity index (χ1v) is 7.45. The molecule has 2 atom stereocenters. The molecular weight excluding hydrogens is 292 g/mol. The first-order chi connectivity index (χ1) is 11.1. The molecule has 4 nitrogen and oxygen atoms in total. The Kier molecular flexibility index (Phi) is 6.09. The number of carboxylic acid groups (broad SMARTS) is 1. The van der Waals surface area contributed by atoms with Gasteiger partial charge in [-0.1, -0.05) is 48.5 Å². The van der Waals surface area contributed by atoms with Crippen LogP contribution in [-0.4, -0.2) is 28.6 Å². The van der Waals surface area contributed by atoms with Crippen molar-refractivity contribution < 1.29 is 19.7 Å². The SMILES string of the molecule is C=CC1CCC(O)O1.O=C(O)c1ccc(-c2ccccc2)cc1. The topological polar surface area (TPSA) is 66.8 Å². The standard InChI is InChI=1S/C13H10O2.C6H10O2/c14-13(15)12-8-6-11(7-9-12)10-4-2-1-3-5-10;1-2-5-3-4-6(7)8-5/h1-9H,(H,14,15);2,5-7H,1,3-4H2. The van der Waals surface area contributed by atoms with E-state index in [4.69, 9.17) is 14.9 Å². The van der Waals surface area contributed by atoms with Gasteiger partial charge in [0.2, 0.25) is 0 Å². The zero-order valence-corrected chi connectivity index (χ0v) is 12.8. The van der Waals surface area contributed by atoms with Crippen molar-refractivity contribution in [1.29, 1.82) is 0 Å². The summed E-state index contributed by atoms with van der Waals surface area (Å²) < 4.78 is 4.95. The molecule has 0 aliphatic carbocycles. The highest BCUT2D eigenvalue weighted by Crippen LogP contribution is 2.19. The van der Waals surface area contributed by atoms with Crippen LogP contribution in [0.3, 0.4) is 0 Å². The van der Waals surface area contributed by atoms with E-state index in [2.05, 4.69) is 6.58 Å². The molecule has 0 saturated carbocycles. The van der Waals surface area contributed by atoms with Gasteiger partial charge in [-0.2, -0.15) is 0 Å². The summed E-state index contributed by atoms with van der Waals surface area (Å²) in [5.41, 5.74) is 2.43. The van der Waals surface area contributed by atoms with Gasteiger partial charge in [-0.15, -0.1) is 6.58 Å². The van der Waals surface area contributed by atoms with Crippen LogP contribution in [0.15, 0.2) is 67.3 Å². The summed E-state index contributed by atoms with van der Waals surface area (Å²) in [6.45, 7) is 3.54. The van der Waals surface area contributed by atoms with Gasteiger partial charge in [-0.3, -0.25) is 0 Å². The summed E-state index contributed by atoms with van der Waals surface area (Å²) in [5.74, 6) is -0.894. The predicted octanol–water partition coefficient (Wildman–Crippen LogP) is 3.72. The molecule has 2 unspecified atom stereocenters. The van der Waals surface area contributed by atoms with E-state index in [1.807, 2.05) is 42.5 Å². The maximum atomic E-state index is 10.6. The Morgan fingerprint density at radius 2 is 1.65 bits per heavy atom. The minimum atomic E-state index is -0.894. The van der Waals surface area contributed by atoms with Gasteiger partial charge in [0, 0.05) is 6.42 Å². The Labute approximate surface area is 135 Å². The van der Waals surface area contributed by atoms with Crippen molar-refractivity contribution in [1.82, 2.24) is 0 Å². The molecule has 1 aliphatic heterocycles. The fraction of sp³-hybridized carbons (Fsp3) is 0.211. The van der Waals surface area contributed by atoms with Crippen LogP contribution in [0.25, 0.3) is 11.1 Å². The number of aliphatic hydroxyl groups excluding tert-OH is 1. The van der Waals surface area contributed by atoms with Crippen LogP contribution < -0.4 is 0 Å². The molecule has 0 bridgehead atoms. The van der Waals surface area contributed by atoms with Crippen LogP contribution in [-0.2, 0) is 4.74 Å². The van der Waals surface area contributed by atoms with Crippen molar-refractivity contribution >= 4 is 5.97 Å². The van der Waals surface area contributed by atoms with Crippen molar-refractivity contribution in [2.45, 2.75) is 25.2 Å². The Balaban J connectivity index is 0.000000203. The van der Waals surface area contributed by atoms with Gasteiger partial charge in [0.25, 0.3) is 0 Å². The van der Waals surface area contributed by atoms with Gasteiger partial charge in [0.15, 0.2) is 6.29 Å². The number of carboxylic acids is 1. The van der Waals surface area contributed by atoms with Crippen molar-refractivity contribution in [3.8, 4) is 11.1 Å². The maximum Gasteiger partial charge on any atom is 0.335 e. The average Bonchev–Trinajstić information content (AvgIpc) is 3.02. The van der Waals surface area contributed by atoms with E-state index in [0.29, 0.717) is 5.56 Å². The lowest BCUT2D eigenvalue weighted by molar-refractivity contribution is -0.0777. The highest BCUT2D eigenvalue weighted by molar-refractivity contribution is 5.88. The lowest BCUT2D eigenvalue weighted by Gasteiger charge is -2.01. The summed E-state index contributed by atoms with van der Waals surface area (Å²) >= 11 is 0. The average molecular weight is 312 g/mol. The second kappa shape index (κ2) is 8.27. The van der Waals surface area contributed by atoms with Crippen molar-refractivity contribution in [2.75, 3.05) is 0 Å². The van der Waals surface area contributed by atoms with Crippen LogP contribution in [0.1, 0.15) is 23.2 Å². The second-order valence-electron chi connectivity index (χ2n) is 5.19. The van der Waals surface area contributed by atoms with E-state index in [1.165, 1.54) is 0 Å². The predicted molar refractivity (Wildman–Crippen MR) is 89.1 cm³/mol. The van der Waals surface area contributed by atoms with E-state index < -0.39 is 12.3 Å². The number of rotatable bonds is 3. The zero-order valence-electron chi connectivity index (χ0n) is 12.8. The molecule has 1 saturated heterocycles. The number of hydrogen-bond acceptors (Lipinski definition) is 3. The molecule has 2 aromatic carbocycles. The van der Waals surface area contributed by atoms with Crippen LogP contribution in [0.2, 0.25) is 0 Å². The number of ether oxygens (including phenoxy) is 1. The highest BCUT2D eigenvalue weighted by Gasteiger charge is 2.19. The van der Waals surface area contributed by atoms with Gasteiger partial charge >= 0.3 is 5.97 Å². The normalized spacial score (nSPS) is 19.5. The minimum absolute atomic E-state index is 0.0880. The second-order valence-corrected chi connectivity index (χ2v) is 5.19. The number of aromatic carboxylic acids is 1. The minimum Gasteiger partial charge on any atom is -0.478 e. The number of carbonyl (C=O) groups is 1. The molecule has 0 amide bonds. The quantitative estimate of drug-likeness (QED) is 0.848. The summed E-state index contributed by atoms with van der Waals surface area (Å²) in [5, 5.41) is 17.5. The van der Waals surface area contributed by atoms with E-state index in [-0.39, 0.29) is 6.10 Å². The molecular formula is C19H20O4. The molecule has 120 valence electrons. The molecule has 1 fully saturated rings. The molecule has 0 radical (unpaired) electrons. The van der Waals surface area contributed by atoms with Crippen LogP contribution in [0, 0.1) is 0 Å². The Morgan fingerprint density at radius 3 is 2.09 bits per heavy atom. The summed E-state index contributed by atoms with van der Waals surface area (Å²) in [6, 6.07) is 16.7. The summed E-state index contributed by atoms with van der Waals surface area (Å²) in [6.07, 6.45) is 2.92. The first-order valence-electron chi connectivity index (χ1n) is 7.45. The van der Waals surface area contributed by atoms with Crippen molar-refractivity contribution in [2.24, 2.45) is 0 Å². The van der Waals surface area contributed by atoms with Gasteiger partial charge in [0.05, 0.1) is 11.7 Å². The first kappa shape index (κ1) is 16.9. The van der Waals surface area contributed by atoms with Crippen molar-refractivity contribution in [3.05, 3.63) is 72.8 Å². The Hall–Kier alpha value is -2.43. The third kappa shape index (κ3) is 5.06. The molecule has 0 spiro atoms. The van der Waals surface area contributed by atoms with E-state index in [1.54, 1.807) is 18.2 Å². The Morgan fingerprint density at radius 1 is 1.04 bits per heavy atom. The van der Waals surface area contributed by atoms with Gasteiger partial charge in [0.1, 0.15) is 0 Å². The molecule has 3 rings (SSSR count). The lowest BCUT2D eigenvalue weighted by Crippen LogP contribution is -2.06.